The number of hydrogen-bond acceptors (Lipinski definition) is 7. The predicted octanol–water partition coefficient (Wildman–Crippen LogP) is 3.06. The highest BCUT2D eigenvalue weighted by Crippen LogP contribution is 2.25. The minimum Gasteiger partial charge on any atom is -0.462 e. The predicted molar refractivity (Wildman–Crippen MR) is 122 cm³/mol. The smallest absolute Gasteiger partial charge is 0.270 e. The second-order valence-electron chi connectivity index (χ2n) is 8.27. The number of nitrogens with zero attached hydrogens (tertiary/aromatic N) is 3. The Morgan fingerprint density at radius 3 is 2.82 bits per heavy atom. The van der Waals surface area contributed by atoms with E-state index in [-0.39, 0.29) is 18.6 Å². The Morgan fingerprint density at radius 1 is 1.18 bits per heavy atom. The van der Waals surface area contributed by atoms with Crippen LogP contribution in [0.4, 0.5) is 0 Å². The van der Waals surface area contributed by atoms with Crippen molar-refractivity contribution >= 4 is 17.0 Å². The molecule has 33 heavy (non-hydrogen) atoms. The lowest BCUT2D eigenvalue weighted by Crippen LogP contribution is -2.48. The van der Waals surface area contributed by atoms with Gasteiger partial charge >= 0.3 is 0 Å². The number of fused-ring (bicyclic) bond motifs is 1. The Balaban J connectivity index is 1.39. The molecule has 1 fully saturated rings. The third kappa shape index (κ3) is 4.62. The Bertz CT molecular complexity index is 1290. The largest absolute Gasteiger partial charge is 0.462 e. The molecule has 3 aromatic heterocycles. The number of amides is 1. The first kappa shape index (κ1) is 21.2. The third-order valence-electron chi connectivity index (χ3n) is 5.82. The van der Waals surface area contributed by atoms with Gasteiger partial charge in [-0.15, -0.1) is 0 Å². The molecule has 0 aliphatic carbocycles. The van der Waals surface area contributed by atoms with E-state index in [0.29, 0.717) is 36.2 Å². The first-order valence-corrected chi connectivity index (χ1v) is 10.9. The molecular formula is C25H24N4O4. The summed E-state index contributed by atoms with van der Waals surface area (Å²) in [6.07, 6.45) is 3.75. The van der Waals surface area contributed by atoms with Crippen LogP contribution in [0.15, 0.2) is 59.3 Å². The van der Waals surface area contributed by atoms with E-state index < -0.39 is 6.10 Å². The van der Waals surface area contributed by atoms with E-state index in [1.807, 2.05) is 25.1 Å². The molecule has 4 aromatic rings. The number of pyridine rings is 1. The molecule has 5 rings (SSSR count). The summed E-state index contributed by atoms with van der Waals surface area (Å²) in [5.74, 6) is -0.318. The van der Waals surface area contributed by atoms with Crippen LogP contribution >= 0.6 is 0 Å². The van der Waals surface area contributed by atoms with Gasteiger partial charge in [-0.2, -0.15) is 10.2 Å². The van der Waals surface area contributed by atoms with Crippen LogP contribution in [0.2, 0.25) is 0 Å². The van der Waals surface area contributed by atoms with E-state index in [2.05, 4.69) is 32.6 Å². The van der Waals surface area contributed by atoms with Crippen molar-refractivity contribution in [1.82, 2.24) is 20.5 Å². The van der Waals surface area contributed by atoms with Crippen LogP contribution in [0, 0.1) is 6.92 Å². The first-order chi connectivity index (χ1) is 16.1. The molecule has 1 aliphatic heterocycles. The maximum atomic E-state index is 12.9. The van der Waals surface area contributed by atoms with Crippen molar-refractivity contribution in [2.75, 3.05) is 13.2 Å². The number of nitrogens with one attached hydrogen (secondary N) is 1. The Morgan fingerprint density at radius 2 is 2.03 bits per heavy atom. The summed E-state index contributed by atoms with van der Waals surface area (Å²) in [6, 6.07) is 13.4. The van der Waals surface area contributed by atoms with Crippen molar-refractivity contribution in [3.8, 4) is 11.1 Å². The van der Waals surface area contributed by atoms with E-state index in [1.165, 1.54) is 0 Å². The molecule has 1 aliphatic rings. The summed E-state index contributed by atoms with van der Waals surface area (Å²) in [6.45, 7) is 2.64. The summed E-state index contributed by atoms with van der Waals surface area (Å²) in [7, 11) is 0. The van der Waals surface area contributed by atoms with Crippen molar-refractivity contribution in [1.29, 1.82) is 0 Å². The molecule has 168 valence electrons. The zero-order valence-electron chi connectivity index (χ0n) is 18.2. The second-order valence-corrected chi connectivity index (χ2v) is 8.27. The van der Waals surface area contributed by atoms with Gasteiger partial charge in [-0.25, -0.2) is 4.98 Å². The van der Waals surface area contributed by atoms with Gasteiger partial charge < -0.3 is 19.6 Å². The monoisotopic (exact) mass is 444 g/mol. The highest BCUT2D eigenvalue weighted by molar-refractivity contribution is 5.95. The summed E-state index contributed by atoms with van der Waals surface area (Å²) in [5.41, 5.74) is 6.48. The van der Waals surface area contributed by atoms with Crippen LogP contribution in [0.25, 0.3) is 22.2 Å². The number of ether oxygens (including phenoxy) is 1. The van der Waals surface area contributed by atoms with Gasteiger partial charge in [0.25, 0.3) is 5.91 Å². The summed E-state index contributed by atoms with van der Waals surface area (Å²) in [4.78, 5) is 17.3. The van der Waals surface area contributed by atoms with Crippen molar-refractivity contribution < 1.29 is 19.1 Å². The van der Waals surface area contributed by atoms with E-state index in [9.17, 15) is 9.90 Å². The van der Waals surface area contributed by atoms with Gasteiger partial charge in [0, 0.05) is 30.2 Å². The van der Waals surface area contributed by atoms with Crippen LogP contribution < -0.4 is 5.32 Å². The summed E-state index contributed by atoms with van der Waals surface area (Å²) >= 11 is 0. The first-order valence-electron chi connectivity index (χ1n) is 10.9. The van der Waals surface area contributed by atoms with Crippen LogP contribution in [0.5, 0.6) is 0 Å². The molecule has 2 N–H and O–H groups in total. The van der Waals surface area contributed by atoms with Crippen molar-refractivity contribution in [3.63, 3.8) is 0 Å². The standard InChI is InChI=1S/C25H24N4O4/c1-15-10-19(13-26-29-15)17-4-2-16(3-5-17)11-18-12-22(27-21-7-9-33-24(18)21)25(31)28-20-6-8-32-14-23(20)30/h2-5,7,9-10,12-13,20,23,30H,6,8,11,14H2,1H3,(H,28,31)/t20-,23-/m0/s1. The second kappa shape index (κ2) is 9.09. The zero-order valence-corrected chi connectivity index (χ0v) is 18.2. The number of aliphatic hydroxyl groups excluding tert-OH is 1. The van der Waals surface area contributed by atoms with Crippen molar-refractivity contribution in [3.05, 3.63) is 77.4 Å². The molecule has 2 atom stereocenters. The molecule has 8 heteroatoms. The number of rotatable bonds is 5. The lowest BCUT2D eigenvalue weighted by Gasteiger charge is -2.28. The molecule has 1 saturated heterocycles. The zero-order chi connectivity index (χ0) is 22.8. The van der Waals surface area contributed by atoms with Crippen LogP contribution in [0.1, 0.15) is 33.7 Å². The van der Waals surface area contributed by atoms with Gasteiger partial charge in [0.15, 0.2) is 5.58 Å². The van der Waals surface area contributed by atoms with Gasteiger partial charge in [0.1, 0.15) is 11.2 Å². The van der Waals surface area contributed by atoms with Gasteiger partial charge in [0.05, 0.1) is 36.9 Å². The topological polar surface area (TPSA) is 110 Å². The average Bonchev–Trinajstić information content (AvgIpc) is 3.30. The number of benzene rings is 1. The molecule has 0 saturated carbocycles. The SMILES string of the molecule is Cc1cc(-c2ccc(Cc3cc(C(=O)N[C@H]4CCOC[C@@H]4O)nc4ccoc34)cc2)cnn1. The molecule has 4 heterocycles. The van der Waals surface area contributed by atoms with Gasteiger partial charge in [-0.1, -0.05) is 24.3 Å². The third-order valence-corrected chi connectivity index (χ3v) is 5.82. The summed E-state index contributed by atoms with van der Waals surface area (Å²) < 4.78 is 10.9. The minimum atomic E-state index is -0.724. The fourth-order valence-electron chi connectivity index (χ4n) is 4.07. The van der Waals surface area contributed by atoms with Gasteiger partial charge in [0.2, 0.25) is 0 Å². The van der Waals surface area contributed by atoms with Crippen LogP contribution in [0.3, 0.4) is 0 Å². The highest BCUT2D eigenvalue weighted by atomic mass is 16.5. The van der Waals surface area contributed by atoms with E-state index in [1.54, 1.807) is 24.6 Å². The van der Waals surface area contributed by atoms with Crippen LogP contribution in [-0.4, -0.2) is 51.6 Å². The molecule has 0 spiro atoms. The van der Waals surface area contributed by atoms with Gasteiger partial charge in [-0.05, 0) is 36.6 Å². The lowest BCUT2D eigenvalue weighted by atomic mass is 10.00. The number of aryl methyl sites for hydroxylation is 1. The van der Waals surface area contributed by atoms with Gasteiger partial charge in [-0.3, -0.25) is 4.79 Å². The molecule has 1 amide bonds. The molecule has 0 bridgehead atoms. The Labute approximate surface area is 190 Å². The molecule has 0 radical (unpaired) electrons. The summed E-state index contributed by atoms with van der Waals surface area (Å²) in [5, 5.41) is 21.0. The molecule has 1 aromatic carbocycles. The van der Waals surface area contributed by atoms with E-state index in [0.717, 1.165) is 27.9 Å². The number of carbonyl (C=O) groups excluding carboxylic acids is 1. The number of aromatic nitrogens is 3. The lowest BCUT2D eigenvalue weighted by molar-refractivity contribution is -0.0261. The maximum absolute atomic E-state index is 12.9. The fraction of sp³-hybridized carbons (Fsp3) is 0.280. The molecule has 0 unspecified atom stereocenters. The normalized spacial score (nSPS) is 18.4. The van der Waals surface area contributed by atoms with Crippen molar-refractivity contribution in [2.45, 2.75) is 31.9 Å². The number of hydrogen-bond donors (Lipinski definition) is 2. The van der Waals surface area contributed by atoms with Crippen LogP contribution in [-0.2, 0) is 11.2 Å². The van der Waals surface area contributed by atoms with Crippen molar-refractivity contribution in [2.24, 2.45) is 0 Å². The molecule has 8 nitrogen and oxygen atoms in total. The highest BCUT2D eigenvalue weighted by Gasteiger charge is 2.26. The van der Waals surface area contributed by atoms with E-state index in [4.69, 9.17) is 9.15 Å². The maximum Gasteiger partial charge on any atom is 0.270 e. The average molecular weight is 444 g/mol. The fourth-order valence-corrected chi connectivity index (χ4v) is 4.07. The quantitative estimate of drug-likeness (QED) is 0.487. The number of aliphatic hydroxyl groups is 1. The van der Waals surface area contributed by atoms with E-state index >= 15 is 0 Å². The Kier molecular flexibility index (Phi) is 5.85. The minimum absolute atomic E-state index is 0.218. The number of furan rings is 1. The number of carbonyl (C=O) groups is 1. The molecular weight excluding hydrogens is 420 g/mol. The Hall–Kier alpha value is -3.62.